The lowest BCUT2D eigenvalue weighted by atomic mass is 10.0. The number of carbonyl (C=O) groups is 2. The highest BCUT2D eigenvalue weighted by Gasteiger charge is 2.24. The van der Waals surface area contributed by atoms with E-state index in [1.54, 1.807) is 0 Å². The van der Waals surface area contributed by atoms with Crippen LogP contribution in [0.25, 0.3) is 0 Å². The Morgan fingerprint density at radius 3 is 2.26 bits per heavy atom. The number of carbonyl (C=O) groups excluding carboxylic acids is 2. The number of ether oxygens (including phenoxy) is 1. The maximum Gasteiger partial charge on any atom is 0.264 e. The molecule has 0 spiro atoms. The standard InChI is InChI=1S/C36H46N4O3/c41-35(28-43-32-17-9-5-10-18-32)40-24-14-3-1-2-11-21-37-26-31-25-30(19-20-33(31)40)36(42)38-27-34(29-15-7-4-8-16-29)39-22-12-6-13-23-39/h4-5,7-10,15-20,25,34,37H,1-3,6,11-14,21-24,26-28H2,(H,38,42). The fraction of sp³-hybridized carbons (Fsp3) is 0.444. The van der Waals surface area contributed by atoms with Crippen LogP contribution in [0.5, 0.6) is 5.75 Å². The van der Waals surface area contributed by atoms with E-state index in [9.17, 15) is 9.59 Å². The van der Waals surface area contributed by atoms with Crippen LogP contribution in [-0.4, -0.2) is 56.0 Å². The van der Waals surface area contributed by atoms with E-state index in [2.05, 4.69) is 39.8 Å². The van der Waals surface area contributed by atoms with E-state index in [-0.39, 0.29) is 24.5 Å². The Kier molecular flexibility index (Phi) is 11.6. The number of nitrogens with zero attached hydrogens (tertiary/aromatic N) is 2. The largest absolute Gasteiger partial charge is 0.484 e. The molecule has 1 atom stereocenters. The lowest BCUT2D eigenvalue weighted by molar-refractivity contribution is -0.120. The minimum absolute atomic E-state index is 0.0313. The van der Waals surface area contributed by atoms with Crippen molar-refractivity contribution in [2.45, 2.75) is 64.0 Å². The molecule has 0 aromatic heterocycles. The van der Waals surface area contributed by atoms with Crippen LogP contribution in [0.1, 0.15) is 78.9 Å². The average molecular weight is 583 g/mol. The van der Waals surface area contributed by atoms with Gasteiger partial charge >= 0.3 is 0 Å². The Bertz CT molecular complexity index is 1290. The van der Waals surface area contributed by atoms with Gasteiger partial charge in [0, 0.05) is 30.9 Å². The van der Waals surface area contributed by atoms with Crippen LogP contribution >= 0.6 is 0 Å². The summed E-state index contributed by atoms with van der Waals surface area (Å²) in [5.41, 5.74) is 3.66. The van der Waals surface area contributed by atoms with Crippen LogP contribution < -0.4 is 20.3 Å². The molecule has 5 rings (SSSR count). The maximum atomic E-state index is 13.6. The molecule has 2 aliphatic rings. The third-order valence-corrected chi connectivity index (χ3v) is 8.56. The molecule has 2 amide bonds. The highest BCUT2D eigenvalue weighted by Crippen LogP contribution is 2.26. The van der Waals surface area contributed by atoms with E-state index < -0.39 is 0 Å². The number of hydrogen-bond donors (Lipinski definition) is 2. The van der Waals surface area contributed by atoms with Gasteiger partial charge in [-0.1, -0.05) is 74.2 Å². The maximum absolute atomic E-state index is 13.6. The fourth-order valence-electron chi connectivity index (χ4n) is 6.18. The van der Waals surface area contributed by atoms with Gasteiger partial charge < -0.3 is 20.3 Å². The minimum Gasteiger partial charge on any atom is -0.484 e. The van der Waals surface area contributed by atoms with Crippen LogP contribution in [0.3, 0.4) is 0 Å². The molecule has 2 aliphatic heterocycles. The number of piperidine rings is 1. The number of para-hydroxylation sites is 1. The zero-order chi connectivity index (χ0) is 29.7. The first-order valence-electron chi connectivity index (χ1n) is 16.1. The smallest absolute Gasteiger partial charge is 0.264 e. The third kappa shape index (κ3) is 8.91. The molecule has 0 bridgehead atoms. The van der Waals surface area contributed by atoms with Crippen molar-refractivity contribution < 1.29 is 14.3 Å². The third-order valence-electron chi connectivity index (χ3n) is 8.56. The molecule has 7 heteroatoms. The summed E-state index contributed by atoms with van der Waals surface area (Å²) in [6.45, 7) is 4.77. The summed E-state index contributed by atoms with van der Waals surface area (Å²) in [5, 5.41) is 6.79. The molecule has 43 heavy (non-hydrogen) atoms. The molecule has 2 heterocycles. The van der Waals surface area contributed by atoms with E-state index in [1.807, 2.05) is 59.5 Å². The number of fused-ring (bicyclic) bond motifs is 1. The molecule has 7 nitrogen and oxygen atoms in total. The first-order valence-corrected chi connectivity index (χ1v) is 16.1. The first-order chi connectivity index (χ1) is 21.2. The second kappa shape index (κ2) is 16.2. The van der Waals surface area contributed by atoms with Crippen molar-refractivity contribution in [1.82, 2.24) is 15.5 Å². The Morgan fingerprint density at radius 2 is 1.47 bits per heavy atom. The first kappa shape index (κ1) is 30.8. The lowest BCUT2D eigenvalue weighted by Crippen LogP contribution is -2.40. The van der Waals surface area contributed by atoms with E-state index in [0.29, 0.717) is 30.9 Å². The molecule has 1 unspecified atom stereocenters. The number of hydrogen-bond acceptors (Lipinski definition) is 5. The summed E-state index contributed by atoms with van der Waals surface area (Å²) in [6, 6.07) is 25.9. The van der Waals surface area contributed by atoms with E-state index in [4.69, 9.17) is 4.74 Å². The lowest BCUT2D eigenvalue weighted by Gasteiger charge is -2.35. The summed E-state index contributed by atoms with van der Waals surface area (Å²) < 4.78 is 5.84. The monoisotopic (exact) mass is 582 g/mol. The van der Waals surface area contributed by atoms with Crippen molar-refractivity contribution in [3.63, 3.8) is 0 Å². The van der Waals surface area contributed by atoms with Gasteiger partial charge in [0.2, 0.25) is 0 Å². The molecular weight excluding hydrogens is 536 g/mol. The summed E-state index contributed by atoms with van der Waals surface area (Å²) in [7, 11) is 0. The second-order valence-corrected chi connectivity index (χ2v) is 11.7. The molecular formula is C36H46N4O3. The average Bonchev–Trinajstić information content (AvgIpc) is 3.05. The van der Waals surface area contributed by atoms with Crippen molar-refractivity contribution in [2.24, 2.45) is 0 Å². The number of likely N-dealkylation sites (tertiary alicyclic amines) is 1. The van der Waals surface area contributed by atoms with Crippen molar-refractivity contribution in [3.8, 4) is 5.75 Å². The highest BCUT2D eigenvalue weighted by molar-refractivity contribution is 5.98. The van der Waals surface area contributed by atoms with Crippen LogP contribution in [-0.2, 0) is 11.3 Å². The van der Waals surface area contributed by atoms with Crippen molar-refractivity contribution in [3.05, 3.63) is 95.6 Å². The van der Waals surface area contributed by atoms with Crippen LogP contribution in [0, 0.1) is 0 Å². The molecule has 3 aromatic carbocycles. The van der Waals surface area contributed by atoms with Crippen molar-refractivity contribution in [2.75, 3.05) is 44.2 Å². The Morgan fingerprint density at radius 1 is 0.791 bits per heavy atom. The normalized spacial score (nSPS) is 17.5. The van der Waals surface area contributed by atoms with Crippen molar-refractivity contribution >= 4 is 17.5 Å². The Labute approximate surface area is 256 Å². The van der Waals surface area contributed by atoms with Crippen LogP contribution in [0.2, 0.25) is 0 Å². The van der Waals surface area contributed by atoms with Gasteiger partial charge in [-0.2, -0.15) is 0 Å². The van der Waals surface area contributed by atoms with E-state index in [1.165, 1.54) is 31.2 Å². The van der Waals surface area contributed by atoms with Gasteiger partial charge in [-0.3, -0.25) is 14.5 Å². The molecule has 1 saturated heterocycles. The van der Waals surface area contributed by atoms with Gasteiger partial charge in [0.25, 0.3) is 11.8 Å². The number of nitrogens with one attached hydrogen (secondary N) is 2. The number of amides is 2. The predicted molar refractivity (Wildman–Crippen MR) is 172 cm³/mol. The SMILES string of the molecule is O=C(NCC(c1ccccc1)N1CCCCC1)c1ccc2c(c1)CNCCCCCCCN2C(=O)COc1ccccc1. The minimum atomic E-state index is -0.0860. The second-order valence-electron chi connectivity index (χ2n) is 11.7. The quantitative estimate of drug-likeness (QED) is 0.335. The van der Waals surface area contributed by atoms with Gasteiger partial charge in [0.05, 0.1) is 6.04 Å². The van der Waals surface area contributed by atoms with Gasteiger partial charge in [-0.25, -0.2) is 0 Å². The summed E-state index contributed by atoms with van der Waals surface area (Å²) in [6.07, 6.45) is 9.14. The van der Waals surface area contributed by atoms with Gasteiger partial charge in [0.15, 0.2) is 6.61 Å². The van der Waals surface area contributed by atoms with Crippen LogP contribution in [0.4, 0.5) is 5.69 Å². The van der Waals surface area contributed by atoms with Gasteiger partial charge in [-0.15, -0.1) is 0 Å². The van der Waals surface area contributed by atoms with Crippen molar-refractivity contribution in [1.29, 1.82) is 0 Å². The number of benzene rings is 3. The van der Waals surface area contributed by atoms with Gasteiger partial charge in [-0.05, 0) is 86.8 Å². The molecule has 0 radical (unpaired) electrons. The predicted octanol–water partition coefficient (Wildman–Crippen LogP) is 6.11. The molecule has 228 valence electrons. The van der Waals surface area contributed by atoms with Gasteiger partial charge in [0.1, 0.15) is 5.75 Å². The molecule has 0 saturated carbocycles. The molecule has 3 aromatic rings. The molecule has 2 N–H and O–H groups in total. The topological polar surface area (TPSA) is 73.9 Å². The Balaban J connectivity index is 1.33. The Hall–Kier alpha value is -3.68. The summed E-state index contributed by atoms with van der Waals surface area (Å²) in [4.78, 5) is 31.4. The summed E-state index contributed by atoms with van der Waals surface area (Å²) >= 11 is 0. The van der Waals surface area contributed by atoms with E-state index in [0.717, 1.165) is 56.6 Å². The zero-order valence-electron chi connectivity index (χ0n) is 25.3. The molecule has 0 aliphatic carbocycles. The fourth-order valence-corrected chi connectivity index (χ4v) is 6.18. The van der Waals surface area contributed by atoms with Crippen LogP contribution in [0.15, 0.2) is 78.9 Å². The van der Waals surface area contributed by atoms with E-state index >= 15 is 0 Å². The number of rotatable bonds is 8. The highest BCUT2D eigenvalue weighted by atomic mass is 16.5. The summed E-state index contributed by atoms with van der Waals surface area (Å²) in [5.74, 6) is 0.515. The number of anilines is 1. The molecule has 1 fully saturated rings. The zero-order valence-corrected chi connectivity index (χ0v) is 25.3.